The monoisotopic (exact) mass is 317 g/mol. The number of nitrogens with zero attached hydrogens (tertiary/aromatic N) is 2. The van der Waals surface area contributed by atoms with Crippen LogP contribution in [0.2, 0.25) is 0 Å². The van der Waals surface area contributed by atoms with E-state index >= 15 is 0 Å². The van der Waals surface area contributed by atoms with Crippen LogP contribution in [0.25, 0.3) is 0 Å². The fourth-order valence-corrected chi connectivity index (χ4v) is 3.17. The van der Waals surface area contributed by atoms with E-state index in [-0.39, 0.29) is 23.8 Å². The van der Waals surface area contributed by atoms with Crippen LogP contribution in [0.5, 0.6) is 0 Å². The largest absolute Gasteiger partial charge is 0.368 e. The van der Waals surface area contributed by atoms with Crippen molar-refractivity contribution < 1.29 is 14.3 Å². The number of nitrogens with one attached hydrogen (secondary N) is 1. The molecule has 1 aromatic heterocycles. The number of amides is 2. The van der Waals surface area contributed by atoms with Gasteiger partial charge >= 0.3 is 0 Å². The Labute approximate surface area is 136 Å². The molecule has 6 nitrogen and oxygen atoms in total. The van der Waals surface area contributed by atoms with Crippen molar-refractivity contribution in [2.75, 3.05) is 25.0 Å². The Morgan fingerprint density at radius 3 is 2.74 bits per heavy atom. The van der Waals surface area contributed by atoms with Gasteiger partial charge in [-0.3, -0.25) is 9.59 Å². The Hall–Kier alpha value is -1.95. The first-order chi connectivity index (χ1) is 11.1. The summed E-state index contributed by atoms with van der Waals surface area (Å²) in [6, 6.07) is 3.75. The second kappa shape index (κ2) is 7.08. The number of carbonyl (C=O) groups is 2. The maximum absolute atomic E-state index is 12.3. The van der Waals surface area contributed by atoms with E-state index in [9.17, 15) is 9.59 Å². The number of anilines is 1. The summed E-state index contributed by atoms with van der Waals surface area (Å²) in [6.07, 6.45) is 4.58. The molecule has 2 saturated heterocycles. The SMILES string of the molecule is Cc1ccnc(NC(=O)C2CCN(C(=O)[C@@H]3CCCO3)CC2)c1. The lowest BCUT2D eigenvalue weighted by Gasteiger charge is -2.32. The number of hydrogen-bond donors (Lipinski definition) is 1. The highest BCUT2D eigenvalue weighted by Crippen LogP contribution is 2.22. The quantitative estimate of drug-likeness (QED) is 0.922. The minimum absolute atomic E-state index is 0.00712. The van der Waals surface area contributed by atoms with Crippen LogP contribution in [-0.2, 0) is 14.3 Å². The lowest BCUT2D eigenvalue weighted by Crippen LogP contribution is -2.45. The van der Waals surface area contributed by atoms with E-state index in [4.69, 9.17) is 4.74 Å². The highest BCUT2D eigenvalue weighted by atomic mass is 16.5. The number of piperidine rings is 1. The van der Waals surface area contributed by atoms with E-state index in [2.05, 4.69) is 10.3 Å². The summed E-state index contributed by atoms with van der Waals surface area (Å²) < 4.78 is 5.45. The summed E-state index contributed by atoms with van der Waals surface area (Å²) in [5.74, 6) is 0.604. The zero-order valence-corrected chi connectivity index (χ0v) is 13.5. The van der Waals surface area contributed by atoms with Crippen molar-refractivity contribution in [3.8, 4) is 0 Å². The summed E-state index contributed by atoms with van der Waals surface area (Å²) in [6.45, 7) is 3.89. The Kier molecular flexibility index (Phi) is 4.91. The average molecular weight is 317 g/mol. The lowest BCUT2D eigenvalue weighted by atomic mass is 9.95. The molecule has 0 radical (unpaired) electrons. The molecule has 23 heavy (non-hydrogen) atoms. The zero-order valence-electron chi connectivity index (χ0n) is 13.5. The molecule has 0 aliphatic carbocycles. The fraction of sp³-hybridized carbons (Fsp3) is 0.588. The molecule has 2 fully saturated rings. The summed E-state index contributed by atoms with van der Waals surface area (Å²) >= 11 is 0. The van der Waals surface area contributed by atoms with Crippen LogP contribution in [0, 0.1) is 12.8 Å². The molecule has 3 heterocycles. The van der Waals surface area contributed by atoms with Gasteiger partial charge in [0.1, 0.15) is 11.9 Å². The second-order valence-corrected chi connectivity index (χ2v) is 6.31. The van der Waals surface area contributed by atoms with E-state index < -0.39 is 0 Å². The smallest absolute Gasteiger partial charge is 0.251 e. The molecule has 2 amide bonds. The standard InChI is InChI=1S/C17H23N3O3/c1-12-4-7-18-15(11-12)19-16(21)13-5-8-20(9-6-13)17(22)14-3-2-10-23-14/h4,7,11,13-14H,2-3,5-6,8-10H2,1H3,(H,18,19,21)/t14-/m0/s1. The molecule has 2 aliphatic rings. The van der Waals surface area contributed by atoms with Crippen LogP contribution in [0.15, 0.2) is 18.3 Å². The van der Waals surface area contributed by atoms with Gasteiger partial charge in [-0.15, -0.1) is 0 Å². The third-order valence-corrected chi connectivity index (χ3v) is 4.55. The van der Waals surface area contributed by atoms with Gasteiger partial charge in [-0.05, 0) is 50.3 Å². The van der Waals surface area contributed by atoms with Crippen molar-refractivity contribution in [1.29, 1.82) is 0 Å². The Bertz CT molecular complexity index is 576. The van der Waals surface area contributed by atoms with Crippen LogP contribution in [0.1, 0.15) is 31.2 Å². The molecule has 0 bridgehead atoms. The van der Waals surface area contributed by atoms with Crippen LogP contribution >= 0.6 is 0 Å². The van der Waals surface area contributed by atoms with Crippen molar-refractivity contribution in [2.24, 2.45) is 5.92 Å². The molecule has 0 unspecified atom stereocenters. The van der Waals surface area contributed by atoms with Gasteiger partial charge in [0.2, 0.25) is 5.91 Å². The predicted molar refractivity (Wildman–Crippen MR) is 85.9 cm³/mol. The number of likely N-dealkylation sites (tertiary alicyclic amines) is 1. The third-order valence-electron chi connectivity index (χ3n) is 4.55. The van der Waals surface area contributed by atoms with E-state index in [0.717, 1.165) is 18.4 Å². The van der Waals surface area contributed by atoms with Crippen LogP contribution in [0.4, 0.5) is 5.82 Å². The number of aromatic nitrogens is 1. The van der Waals surface area contributed by atoms with Gasteiger partial charge in [0, 0.05) is 31.8 Å². The molecule has 1 N–H and O–H groups in total. The van der Waals surface area contributed by atoms with E-state index in [1.165, 1.54) is 0 Å². The highest BCUT2D eigenvalue weighted by molar-refractivity contribution is 5.92. The number of aryl methyl sites for hydroxylation is 1. The number of ether oxygens (including phenoxy) is 1. The van der Waals surface area contributed by atoms with Gasteiger partial charge in [-0.1, -0.05) is 0 Å². The molecular weight excluding hydrogens is 294 g/mol. The van der Waals surface area contributed by atoms with E-state index in [1.807, 2.05) is 24.0 Å². The summed E-state index contributed by atoms with van der Waals surface area (Å²) in [5.41, 5.74) is 1.06. The van der Waals surface area contributed by atoms with Crippen LogP contribution < -0.4 is 5.32 Å². The minimum Gasteiger partial charge on any atom is -0.368 e. The maximum atomic E-state index is 12.3. The van der Waals surface area contributed by atoms with Crippen molar-refractivity contribution >= 4 is 17.6 Å². The van der Waals surface area contributed by atoms with E-state index in [1.54, 1.807) is 6.20 Å². The molecule has 1 aromatic rings. The fourth-order valence-electron chi connectivity index (χ4n) is 3.17. The zero-order chi connectivity index (χ0) is 16.2. The number of rotatable bonds is 3. The third kappa shape index (κ3) is 3.88. The first kappa shape index (κ1) is 15.9. The Morgan fingerprint density at radius 1 is 1.30 bits per heavy atom. The number of hydrogen-bond acceptors (Lipinski definition) is 4. The van der Waals surface area contributed by atoms with Crippen molar-refractivity contribution in [3.63, 3.8) is 0 Å². The number of carbonyl (C=O) groups excluding carboxylic acids is 2. The van der Waals surface area contributed by atoms with E-state index in [0.29, 0.717) is 38.4 Å². The molecule has 0 aromatic carbocycles. The molecule has 124 valence electrons. The van der Waals surface area contributed by atoms with Gasteiger partial charge in [-0.2, -0.15) is 0 Å². The topological polar surface area (TPSA) is 71.5 Å². The summed E-state index contributed by atoms with van der Waals surface area (Å²) in [7, 11) is 0. The normalized spacial score (nSPS) is 22.1. The molecule has 1 atom stereocenters. The van der Waals surface area contributed by atoms with Crippen LogP contribution in [0.3, 0.4) is 0 Å². The van der Waals surface area contributed by atoms with Gasteiger partial charge in [-0.25, -0.2) is 4.98 Å². The van der Waals surface area contributed by atoms with Crippen LogP contribution in [-0.4, -0.2) is 47.5 Å². The summed E-state index contributed by atoms with van der Waals surface area (Å²) in [5, 5.41) is 2.87. The molecule has 0 spiro atoms. The Morgan fingerprint density at radius 2 is 2.09 bits per heavy atom. The second-order valence-electron chi connectivity index (χ2n) is 6.31. The molecule has 0 saturated carbocycles. The lowest BCUT2D eigenvalue weighted by molar-refractivity contribution is -0.143. The average Bonchev–Trinajstić information content (AvgIpc) is 3.09. The Balaban J connectivity index is 1.50. The molecular formula is C17H23N3O3. The van der Waals surface area contributed by atoms with Gasteiger partial charge in [0.25, 0.3) is 5.91 Å². The van der Waals surface area contributed by atoms with Crippen molar-refractivity contribution in [3.05, 3.63) is 23.9 Å². The number of pyridine rings is 1. The maximum Gasteiger partial charge on any atom is 0.251 e. The highest BCUT2D eigenvalue weighted by Gasteiger charge is 2.32. The molecule has 6 heteroatoms. The first-order valence-corrected chi connectivity index (χ1v) is 8.27. The first-order valence-electron chi connectivity index (χ1n) is 8.27. The van der Waals surface area contributed by atoms with Crippen molar-refractivity contribution in [2.45, 2.75) is 38.7 Å². The minimum atomic E-state index is -0.267. The van der Waals surface area contributed by atoms with Crippen molar-refractivity contribution in [1.82, 2.24) is 9.88 Å². The summed E-state index contributed by atoms with van der Waals surface area (Å²) in [4.78, 5) is 30.6. The van der Waals surface area contributed by atoms with Gasteiger partial charge in [0.05, 0.1) is 0 Å². The van der Waals surface area contributed by atoms with Gasteiger partial charge < -0.3 is 15.0 Å². The molecule has 2 aliphatic heterocycles. The van der Waals surface area contributed by atoms with Gasteiger partial charge in [0.15, 0.2) is 0 Å². The molecule has 3 rings (SSSR count). The predicted octanol–water partition coefficient (Wildman–Crippen LogP) is 1.75.